The Morgan fingerprint density at radius 2 is 1.91 bits per heavy atom. The lowest BCUT2D eigenvalue weighted by molar-refractivity contribution is -0.131. The highest BCUT2D eigenvalue weighted by molar-refractivity contribution is 8.15. The van der Waals surface area contributed by atoms with Crippen LogP contribution in [0.3, 0.4) is 0 Å². The summed E-state index contributed by atoms with van der Waals surface area (Å²) in [7, 11) is 0. The second-order valence-electron chi connectivity index (χ2n) is 5.20. The highest BCUT2D eigenvalue weighted by atomic mass is 35.5. The summed E-state index contributed by atoms with van der Waals surface area (Å²) < 4.78 is 0. The minimum Gasteiger partial charge on any atom is -0.273 e. The Balaban J connectivity index is 2.04. The first kappa shape index (κ1) is 15.1. The van der Waals surface area contributed by atoms with Crippen molar-refractivity contribution >= 4 is 34.3 Å². The number of carbonyl (C=O) groups is 1. The van der Waals surface area contributed by atoms with Crippen molar-refractivity contribution in [2.45, 2.75) is 18.7 Å². The molecule has 0 fully saturated rings. The van der Waals surface area contributed by atoms with Gasteiger partial charge in [0.25, 0.3) is 0 Å². The Bertz CT molecular complexity index is 747. The molecule has 0 aromatic heterocycles. The number of thioether (sulfide) groups is 1. The molecule has 1 heterocycles. The molecule has 112 valence electrons. The quantitative estimate of drug-likeness (QED) is 0.813. The standard InChI is InChI=1S/C17H15ClN2OS/c1-12(21)20-17(2,14-8-4-3-5-9-14)22-16(19-20)13-7-6-10-15(18)11-13/h3-11H,1-2H3. The van der Waals surface area contributed by atoms with E-state index < -0.39 is 4.87 Å². The van der Waals surface area contributed by atoms with Crippen LogP contribution < -0.4 is 0 Å². The number of hydrogen-bond donors (Lipinski definition) is 0. The number of nitrogens with zero attached hydrogens (tertiary/aromatic N) is 2. The lowest BCUT2D eigenvalue weighted by Gasteiger charge is -2.31. The van der Waals surface area contributed by atoms with E-state index >= 15 is 0 Å². The van der Waals surface area contributed by atoms with Gasteiger partial charge in [0.15, 0.2) is 0 Å². The molecule has 22 heavy (non-hydrogen) atoms. The molecule has 0 spiro atoms. The molecule has 0 bridgehead atoms. The van der Waals surface area contributed by atoms with Gasteiger partial charge < -0.3 is 0 Å². The average molecular weight is 331 g/mol. The van der Waals surface area contributed by atoms with E-state index in [1.54, 1.807) is 16.8 Å². The first-order chi connectivity index (χ1) is 10.5. The van der Waals surface area contributed by atoms with E-state index in [1.165, 1.54) is 6.92 Å². The van der Waals surface area contributed by atoms with Crippen molar-refractivity contribution < 1.29 is 4.79 Å². The number of rotatable bonds is 2. The van der Waals surface area contributed by atoms with Crippen LogP contribution in [0.2, 0.25) is 5.02 Å². The van der Waals surface area contributed by atoms with Gasteiger partial charge in [0.05, 0.1) is 0 Å². The highest BCUT2D eigenvalue weighted by Gasteiger charge is 2.43. The summed E-state index contributed by atoms with van der Waals surface area (Å²) in [5, 5.41) is 7.53. The Morgan fingerprint density at radius 1 is 1.18 bits per heavy atom. The largest absolute Gasteiger partial charge is 0.273 e. The minimum absolute atomic E-state index is 0.0871. The van der Waals surface area contributed by atoms with E-state index in [-0.39, 0.29) is 5.91 Å². The number of amides is 1. The van der Waals surface area contributed by atoms with Crippen molar-refractivity contribution in [3.8, 4) is 0 Å². The SMILES string of the molecule is CC(=O)N1N=C(c2cccc(Cl)c2)SC1(C)c1ccccc1. The van der Waals surface area contributed by atoms with Crippen LogP contribution in [-0.2, 0) is 9.67 Å². The number of hydrogen-bond acceptors (Lipinski definition) is 3. The monoisotopic (exact) mass is 330 g/mol. The number of carbonyl (C=O) groups excluding carboxylic acids is 1. The summed E-state index contributed by atoms with van der Waals surface area (Å²) in [6, 6.07) is 17.5. The molecule has 1 atom stereocenters. The van der Waals surface area contributed by atoms with Gasteiger partial charge in [0.2, 0.25) is 5.91 Å². The predicted molar refractivity (Wildman–Crippen MR) is 91.9 cm³/mol. The second kappa shape index (κ2) is 5.78. The van der Waals surface area contributed by atoms with Crippen molar-refractivity contribution in [3.05, 3.63) is 70.7 Å². The van der Waals surface area contributed by atoms with Crippen LogP contribution in [0, 0.1) is 0 Å². The summed E-state index contributed by atoms with van der Waals surface area (Å²) in [6.07, 6.45) is 0. The first-order valence-corrected chi connectivity index (χ1v) is 8.10. The summed E-state index contributed by atoms with van der Waals surface area (Å²) in [5.41, 5.74) is 1.96. The number of halogens is 1. The van der Waals surface area contributed by atoms with E-state index in [2.05, 4.69) is 5.10 Å². The fourth-order valence-electron chi connectivity index (χ4n) is 2.48. The minimum atomic E-state index is -0.551. The number of benzene rings is 2. The molecular weight excluding hydrogens is 316 g/mol. The molecule has 1 aliphatic rings. The molecule has 0 radical (unpaired) electrons. The van der Waals surface area contributed by atoms with Crippen LogP contribution in [0.15, 0.2) is 59.7 Å². The van der Waals surface area contributed by atoms with Gasteiger partial charge in [-0.1, -0.05) is 65.8 Å². The molecular formula is C17H15ClN2OS. The lowest BCUT2D eigenvalue weighted by atomic mass is 10.1. The maximum Gasteiger partial charge on any atom is 0.241 e. The molecule has 2 aromatic carbocycles. The van der Waals surface area contributed by atoms with Gasteiger partial charge in [0.1, 0.15) is 9.91 Å². The van der Waals surface area contributed by atoms with Crippen molar-refractivity contribution in [2.24, 2.45) is 5.10 Å². The van der Waals surface area contributed by atoms with Crippen LogP contribution in [-0.4, -0.2) is 16.0 Å². The zero-order chi connectivity index (χ0) is 15.7. The molecule has 0 aliphatic carbocycles. The molecule has 0 N–H and O–H groups in total. The predicted octanol–water partition coefficient (Wildman–Crippen LogP) is 4.47. The fraction of sp³-hybridized carbons (Fsp3) is 0.176. The average Bonchev–Trinajstić information content (AvgIpc) is 2.88. The third-order valence-electron chi connectivity index (χ3n) is 3.57. The van der Waals surface area contributed by atoms with Crippen molar-refractivity contribution in [2.75, 3.05) is 0 Å². The van der Waals surface area contributed by atoms with Crippen LogP contribution in [0.1, 0.15) is 25.0 Å². The van der Waals surface area contributed by atoms with E-state index in [1.807, 2.05) is 61.5 Å². The van der Waals surface area contributed by atoms with Gasteiger partial charge in [0, 0.05) is 17.5 Å². The zero-order valence-electron chi connectivity index (χ0n) is 12.3. The zero-order valence-corrected chi connectivity index (χ0v) is 13.9. The first-order valence-electron chi connectivity index (χ1n) is 6.90. The maximum absolute atomic E-state index is 12.1. The van der Waals surface area contributed by atoms with E-state index in [0.29, 0.717) is 5.02 Å². The lowest BCUT2D eigenvalue weighted by Crippen LogP contribution is -2.37. The molecule has 0 saturated heterocycles. The van der Waals surface area contributed by atoms with Gasteiger partial charge >= 0.3 is 0 Å². The highest BCUT2D eigenvalue weighted by Crippen LogP contribution is 2.46. The maximum atomic E-state index is 12.1. The normalized spacial score (nSPS) is 20.9. The van der Waals surface area contributed by atoms with Crippen LogP contribution in [0.4, 0.5) is 0 Å². The number of hydrazone groups is 1. The summed E-state index contributed by atoms with van der Waals surface area (Å²) in [4.78, 5) is 11.5. The smallest absolute Gasteiger partial charge is 0.241 e. The van der Waals surface area contributed by atoms with Gasteiger partial charge in [-0.25, -0.2) is 5.01 Å². The fourth-order valence-corrected chi connectivity index (χ4v) is 3.92. The molecule has 3 rings (SSSR count). The van der Waals surface area contributed by atoms with Crippen molar-refractivity contribution in [1.29, 1.82) is 0 Å². The van der Waals surface area contributed by atoms with Crippen LogP contribution >= 0.6 is 23.4 Å². The Kier molecular flexibility index (Phi) is 3.98. The van der Waals surface area contributed by atoms with Crippen LogP contribution in [0.5, 0.6) is 0 Å². The molecule has 3 nitrogen and oxygen atoms in total. The van der Waals surface area contributed by atoms with Crippen LogP contribution in [0.25, 0.3) is 0 Å². The Morgan fingerprint density at radius 3 is 2.55 bits per heavy atom. The molecule has 0 saturated carbocycles. The Labute approximate surface area is 139 Å². The van der Waals surface area contributed by atoms with Gasteiger partial charge in [-0.3, -0.25) is 4.79 Å². The Hall–Kier alpha value is -1.78. The van der Waals surface area contributed by atoms with Crippen molar-refractivity contribution in [3.63, 3.8) is 0 Å². The van der Waals surface area contributed by atoms with Gasteiger partial charge in [-0.2, -0.15) is 5.10 Å². The third kappa shape index (κ3) is 2.64. The molecule has 1 unspecified atom stereocenters. The van der Waals surface area contributed by atoms with E-state index in [0.717, 1.165) is 16.2 Å². The topological polar surface area (TPSA) is 32.7 Å². The molecule has 1 amide bonds. The van der Waals surface area contributed by atoms with E-state index in [9.17, 15) is 4.79 Å². The van der Waals surface area contributed by atoms with E-state index in [4.69, 9.17) is 11.6 Å². The summed E-state index contributed by atoms with van der Waals surface area (Å²) >= 11 is 7.63. The summed E-state index contributed by atoms with van der Waals surface area (Å²) in [5.74, 6) is -0.0871. The van der Waals surface area contributed by atoms with Crippen molar-refractivity contribution in [1.82, 2.24) is 5.01 Å². The molecule has 2 aromatic rings. The molecule has 1 aliphatic heterocycles. The second-order valence-corrected chi connectivity index (χ2v) is 7.02. The van der Waals surface area contributed by atoms with Gasteiger partial charge in [-0.15, -0.1) is 0 Å². The summed E-state index contributed by atoms with van der Waals surface area (Å²) in [6.45, 7) is 3.54. The van der Waals surface area contributed by atoms with Gasteiger partial charge in [-0.05, 0) is 24.6 Å². The molecule has 5 heteroatoms. The third-order valence-corrected chi connectivity index (χ3v) is 5.12.